The molecule has 1 aliphatic carbocycles. The van der Waals surface area contributed by atoms with Gasteiger partial charge in [-0.05, 0) is 18.9 Å². The number of aliphatic hydroxyl groups is 1. The predicted octanol–water partition coefficient (Wildman–Crippen LogP) is 0.765. The number of carbonyl (C=O) groups is 2. The number of nitrogens with zero attached hydrogens (tertiary/aromatic N) is 1. The summed E-state index contributed by atoms with van der Waals surface area (Å²) in [6.07, 6.45) is 0.626. The summed E-state index contributed by atoms with van der Waals surface area (Å²) in [4.78, 5) is 36.4. The van der Waals surface area contributed by atoms with Crippen LogP contribution in [0.4, 0.5) is 0 Å². The highest BCUT2D eigenvalue weighted by Gasteiger charge is 2.44. The molecule has 1 aliphatic heterocycles. The SMILES string of the molecule is CC[C@@]1(O)C(=O)CCc2c1cc1n(c2=O)CC(Cl)C1=O. The zero-order chi connectivity index (χ0) is 14.7. The highest BCUT2D eigenvalue weighted by atomic mass is 35.5. The van der Waals surface area contributed by atoms with Crippen molar-refractivity contribution in [3.05, 3.63) is 33.2 Å². The van der Waals surface area contributed by atoms with Crippen molar-refractivity contribution in [2.24, 2.45) is 0 Å². The Morgan fingerprint density at radius 3 is 2.75 bits per heavy atom. The van der Waals surface area contributed by atoms with Crippen LogP contribution in [0.25, 0.3) is 0 Å². The molecular formula is C14H14ClNO4. The van der Waals surface area contributed by atoms with Crippen molar-refractivity contribution in [1.29, 1.82) is 0 Å². The molecule has 0 saturated carbocycles. The molecule has 5 nitrogen and oxygen atoms in total. The molecule has 20 heavy (non-hydrogen) atoms. The van der Waals surface area contributed by atoms with Crippen LogP contribution in [0.15, 0.2) is 10.9 Å². The molecule has 3 rings (SSSR count). The number of carbonyl (C=O) groups excluding carboxylic acids is 2. The molecular weight excluding hydrogens is 282 g/mol. The molecule has 2 aliphatic rings. The number of Topliss-reactive ketones (excluding diaryl/α,β-unsaturated/α-hetero) is 2. The Balaban J connectivity index is 2.31. The molecule has 1 N–H and O–H groups in total. The highest BCUT2D eigenvalue weighted by Crippen LogP contribution is 2.35. The minimum absolute atomic E-state index is 0.143. The molecule has 1 unspecified atom stereocenters. The van der Waals surface area contributed by atoms with Crippen molar-refractivity contribution in [2.75, 3.05) is 0 Å². The molecule has 1 aromatic heterocycles. The topological polar surface area (TPSA) is 76.4 Å². The van der Waals surface area contributed by atoms with Crippen LogP contribution in [0.1, 0.15) is 41.4 Å². The summed E-state index contributed by atoms with van der Waals surface area (Å²) >= 11 is 5.90. The van der Waals surface area contributed by atoms with Crippen LogP contribution in [-0.2, 0) is 23.4 Å². The van der Waals surface area contributed by atoms with Crippen molar-refractivity contribution in [3.8, 4) is 0 Å². The lowest BCUT2D eigenvalue weighted by Crippen LogP contribution is -2.43. The number of fused-ring (bicyclic) bond motifs is 2. The number of halogens is 1. The van der Waals surface area contributed by atoms with E-state index < -0.39 is 11.0 Å². The van der Waals surface area contributed by atoms with Crippen LogP contribution >= 0.6 is 11.6 Å². The van der Waals surface area contributed by atoms with Crippen molar-refractivity contribution >= 4 is 23.2 Å². The lowest BCUT2D eigenvalue weighted by atomic mass is 9.77. The molecule has 6 heteroatoms. The summed E-state index contributed by atoms with van der Waals surface area (Å²) in [5.41, 5.74) is -1.07. The molecule has 0 bridgehead atoms. The predicted molar refractivity (Wildman–Crippen MR) is 72.2 cm³/mol. The van der Waals surface area contributed by atoms with E-state index in [1.54, 1.807) is 6.92 Å². The van der Waals surface area contributed by atoms with E-state index in [0.29, 0.717) is 12.0 Å². The zero-order valence-corrected chi connectivity index (χ0v) is 11.7. The fourth-order valence-electron chi connectivity index (χ4n) is 3.07. The van der Waals surface area contributed by atoms with E-state index in [4.69, 9.17) is 11.6 Å². The van der Waals surface area contributed by atoms with Crippen LogP contribution in [0.3, 0.4) is 0 Å². The molecule has 2 heterocycles. The molecule has 0 fully saturated rings. The Bertz CT molecular complexity index is 693. The number of ketones is 2. The van der Waals surface area contributed by atoms with Crippen molar-refractivity contribution < 1.29 is 14.7 Å². The van der Waals surface area contributed by atoms with Gasteiger partial charge in [0.15, 0.2) is 11.6 Å². The zero-order valence-electron chi connectivity index (χ0n) is 11.0. The van der Waals surface area contributed by atoms with Crippen LogP contribution in [0.2, 0.25) is 0 Å². The number of hydrogen-bond donors (Lipinski definition) is 1. The maximum atomic E-state index is 12.4. The fourth-order valence-corrected chi connectivity index (χ4v) is 3.32. The second-order valence-electron chi connectivity index (χ2n) is 5.31. The third-order valence-corrected chi connectivity index (χ3v) is 4.64. The minimum atomic E-state index is -1.66. The first-order valence-corrected chi connectivity index (χ1v) is 7.05. The first-order chi connectivity index (χ1) is 9.40. The minimum Gasteiger partial charge on any atom is -0.377 e. The van der Waals surface area contributed by atoms with E-state index in [1.165, 1.54) is 10.6 Å². The smallest absolute Gasteiger partial charge is 0.254 e. The first-order valence-electron chi connectivity index (χ1n) is 6.61. The van der Waals surface area contributed by atoms with Crippen LogP contribution in [0, 0.1) is 0 Å². The molecule has 2 atom stereocenters. The summed E-state index contributed by atoms with van der Waals surface area (Å²) in [5, 5.41) is 9.81. The standard InChI is InChI=1S/C14H14ClNO4/c1-2-14(20)8-5-10-12(18)9(15)6-16(10)13(19)7(8)3-4-11(14)17/h5,9,20H,2-4,6H2,1H3/t9?,14-/m0/s1. The second kappa shape index (κ2) is 4.27. The van der Waals surface area contributed by atoms with Crippen molar-refractivity contribution in [2.45, 2.75) is 43.7 Å². The van der Waals surface area contributed by atoms with Crippen molar-refractivity contribution in [1.82, 2.24) is 4.57 Å². The number of rotatable bonds is 1. The summed E-state index contributed by atoms with van der Waals surface area (Å²) in [6.45, 7) is 1.84. The Morgan fingerprint density at radius 1 is 1.40 bits per heavy atom. The average molecular weight is 296 g/mol. The van der Waals surface area contributed by atoms with Gasteiger partial charge in [-0.15, -0.1) is 11.6 Å². The number of pyridine rings is 1. The molecule has 0 radical (unpaired) electrons. The van der Waals surface area contributed by atoms with E-state index in [9.17, 15) is 19.5 Å². The third-order valence-electron chi connectivity index (χ3n) is 4.30. The van der Waals surface area contributed by atoms with Gasteiger partial charge in [0.25, 0.3) is 5.56 Å². The van der Waals surface area contributed by atoms with Gasteiger partial charge in [-0.1, -0.05) is 6.92 Å². The third kappa shape index (κ3) is 1.56. The van der Waals surface area contributed by atoms with Gasteiger partial charge in [0, 0.05) is 17.5 Å². The number of aromatic nitrogens is 1. The van der Waals surface area contributed by atoms with Gasteiger partial charge < -0.3 is 9.67 Å². The summed E-state index contributed by atoms with van der Waals surface area (Å²) in [7, 11) is 0. The normalized spacial score (nSPS) is 28.4. The number of alkyl halides is 1. The first kappa shape index (κ1) is 13.5. The van der Waals surface area contributed by atoms with E-state index in [2.05, 4.69) is 0 Å². The maximum Gasteiger partial charge on any atom is 0.254 e. The van der Waals surface area contributed by atoms with Crippen LogP contribution in [0.5, 0.6) is 0 Å². The van der Waals surface area contributed by atoms with Gasteiger partial charge in [-0.2, -0.15) is 0 Å². The lowest BCUT2D eigenvalue weighted by molar-refractivity contribution is -0.140. The Kier molecular flexibility index (Phi) is 2.88. The largest absolute Gasteiger partial charge is 0.377 e. The second-order valence-corrected chi connectivity index (χ2v) is 5.83. The Morgan fingerprint density at radius 2 is 2.10 bits per heavy atom. The molecule has 1 aromatic rings. The van der Waals surface area contributed by atoms with E-state index in [-0.39, 0.29) is 47.8 Å². The van der Waals surface area contributed by atoms with E-state index in [1.807, 2.05) is 0 Å². The van der Waals surface area contributed by atoms with Gasteiger partial charge in [0.2, 0.25) is 0 Å². The molecule has 0 amide bonds. The Labute approximate surface area is 120 Å². The summed E-state index contributed by atoms with van der Waals surface area (Å²) in [6, 6.07) is 1.47. The summed E-state index contributed by atoms with van der Waals surface area (Å²) in [5.74, 6) is -0.632. The van der Waals surface area contributed by atoms with Gasteiger partial charge in [-0.3, -0.25) is 14.4 Å². The molecule has 0 aromatic carbocycles. The highest BCUT2D eigenvalue weighted by molar-refractivity contribution is 6.34. The molecule has 0 saturated heterocycles. The summed E-state index contributed by atoms with van der Waals surface area (Å²) < 4.78 is 1.35. The molecule has 106 valence electrons. The maximum absolute atomic E-state index is 12.4. The lowest BCUT2D eigenvalue weighted by Gasteiger charge is -2.32. The van der Waals surface area contributed by atoms with Crippen molar-refractivity contribution in [3.63, 3.8) is 0 Å². The van der Waals surface area contributed by atoms with E-state index in [0.717, 1.165) is 0 Å². The van der Waals surface area contributed by atoms with E-state index >= 15 is 0 Å². The Hall–Kier alpha value is -1.46. The quantitative estimate of drug-likeness (QED) is 0.776. The van der Waals surface area contributed by atoms with Gasteiger partial charge in [0.05, 0.1) is 12.2 Å². The van der Waals surface area contributed by atoms with Gasteiger partial charge in [0.1, 0.15) is 11.0 Å². The average Bonchev–Trinajstić information content (AvgIpc) is 2.72. The van der Waals surface area contributed by atoms with Gasteiger partial charge >= 0.3 is 0 Å². The van der Waals surface area contributed by atoms with Crippen LogP contribution in [-0.4, -0.2) is 26.6 Å². The number of hydrogen-bond acceptors (Lipinski definition) is 4. The van der Waals surface area contributed by atoms with Crippen LogP contribution < -0.4 is 5.56 Å². The molecule has 0 spiro atoms. The monoisotopic (exact) mass is 295 g/mol. The fraction of sp³-hybridized carbons (Fsp3) is 0.500. The van der Waals surface area contributed by atoms with Gasteiger partial charge in [-0.25, -0.2) is 0 Å².